The first kappa shape index (κ1) is 21.4. The third kappa shape index (κ3) is 4.54. The Bertz CT molecular complexity index is 1210. The van der Waals surface area contributed by atoms with Gasteiger partial charge in [-0.1, -0.05) is 32.0 Å². The van der Waals surface area contributed by atoms with E-state index in [1.54, 1.807) is 17.0 Å². The zero-order valence-corrected chi connectivity index (χ0v) is 19.3. The van der Waals surface area contributed by atoms with Crippen LogP contribution >= 0.6 is 0 Å². The molecule has 4 aromatic rings. The van der Waals surface area contributed by atoms with E-state index in [4.69, 9.17) is 14.7 Å². The summed E-state index contributed by atoms with van der Waals surface area (Å²) in [6.07, 6.45) is 9.48. The third-order valence-corrected chi connectivity index (χ3v) is 6.15. The molecule has 9 heteroatoms. The number of imidazole rings is 1. The molecule has 1 aliphatic heterocycles. The molecule has 3 aromatic heterocycles. The lowest BCUT2D eigenvalue weighted by Crippen LogP contribution is -2.36. The normalized spacial score (nSPS) is 15.4. The molecule has 4 heterocycles. The summed E-state index contributed by atoms with van der Waals surface area (Å²) in [5, 5.41) is 8.04. The second-order valence-electron chi connectivity index (χ2n) is 8.89. The van der Waals surface area contributed by atoms with Gasteiger partial charge in [-0.15, -0.1) is 0 Å². The topological polar surface area (TPSA) is 85.4 Å². The number of hydrogen-bond acceptors (Lipinski definition) is 7. The second kappa shape index (κ2) is 9.19. The predicted octanol–water partition coefficient (Wildman–Crippen LogP) is 3.52. The van der Waals surface area contributed by atoms with E-state index in [-0.39, 0.29) is 6.10 Å². The molecule has 0 radical (unpaired) electrons. The Hall–Kier alpha value is -3.46. The maximum absolute atomic E-state index is 6.25. The van der Waals surface area contributed by atoms with Gasteiger partial charge in [0.1, 0.15) is 6.10 Å². The quantitative estimate of drug-likeness (QED) is 0.465. The molecule has 1 aromatic carbocycles. The maximum atomic E-state index is 6.25. The van der Waals surface area contributed by atoms with E-state index in [1.807, 2.05) is 29.1 Å². The number of rotatable bonds is 7. The van der Waals surface area contributed by atoms with E-state index < -0.39 is 0 Å². The molecule has 172 valence electrons. The van der Waals surface area contributed by atoms with Crippen molar-refractivity contribution >= 4 is 11.6 Å². The van der Waals surface area contributed by atoms with Gasteiger partial charge in [-0.25, -0.2) is 4.98 Å². The SMILES string of the molecule is CC(C)c1cnn2c(NCc3ccccc3-n3ccnc3)nc(OC3CCN(C)CC3)nc12. The van der Waals surface area contributed by atoms with Gasteiger partial charge in [-0.05, 0) is 37.4 Å². The monoisotopic (exact) mass is 446 g/mol. The minimum absolute atomic E-state index is 0.129. The number of anilines is 1. The summed E-state index contributed by atoms with van der Waals surface area (Å²) in [5.74, 6) is 0.915. The molecule has 1 saturated heterocycles. The van der Waals surface area contributed by atoms with E-state index in [2.05, 4.69) is 53.3 Å². The van der Waals surface area contributed by atoms with E-state index >= 15 is 0 Å². The molecule has 0 atom stereocenters. The van der Waals surface area contributed by atoms with Crippen molar-refractivity contribution in [2.75, 3.05) is 25.5 Å². The van der Waals surface area contributed by atoms with Crippen LogP contribution in [-0.4, -0.2) is 60.3 Å². The van der Waals surface area contributed by atoms with Crippen molar-refractivity contribution in [1.29, 1.82) is 0 Å². The minimum atomic E-state index is 0.129. The molecule has 0 aliphatic carbocycles. The van der Waals surface area contributed by atoms with E-state index in [0.29, 0.717) is 24.4 Å². The summed E-state index contributed by atoms with van der Waals surface area (Å²) in [6, 6.07) is 8.64. The van der Waals surface area contributed by atoms with Gasteiger partial charge in [0.2, 0.25) is 5.95 Å². The van der Waals surface area contributed by atoms with Crippen molar-refractivity contribution in [3.63, 3.8) is 0 Å². The highest BCUT2D eigenvalue weighted by Crippen LogP contribution is 2.25. The fourth-order valence-corrected chi connectivity index (χ4v) is 4.19. The zero-order valence-electron chi connectivity index (χ0n) is 19.3. The van der Waals surface area contributed by atoms with Crippen LogP contribution in [0.2, 0.25) is 0 Å². The molecule has 0 unspecified atom stereocenters. The van der Waals surface area contributed by atoms with Crippen LogP contribution < -0.4 is 10.1 Å². The van der Waals surface area contributed by atoms with Crippen LogP contribution in [0, 0.1) is 0 Å². The van der Waals surface area contributed by atoms with Crippen molar-refractivity contribution < 1.29 is 4.74 Å². The van der Waals surface area contributed by atoms with Crippen LogP contribution in [0.3, 0.4) is 0 Å². The summed E-state index contributed by atoms with van der Waals surface area (Å²) in [7, 11) is 2.14. The predicted molar refractivity (Wildman–Crippen MR) is 127 cm³/mol. The van der Waals surface area contributed by atoms with Crippen molar-refractivity contribution in [2.45, 2.75) is 45.3 Å². The zero-order chi connectivity index (χ0) is 22.8. The molecule has 5 rings (SSSR count). The van der Waals surface area contributed by atoms with Gasteiger partial charge in [0.15, 0.2) is 5.65 Å². The summed E-state index contributed by atoms with van der Waals surface area (Å²) in [4.78, 5) is 16.0. The Kier molecular flexibility index (Phi) is 5.95. The number of likely N-dealkylation sites (tertiary alicyclic amines) is 1. The number of piperidine rings is 1. The molecule has 1 N–H and O–H groups in total. The molecule has 0 bridgehead atoms. The fraction of sp³-hybridized carbons (Fsp3) is 0.417. The lowest BCUT2D eigenvalue weighted by Gasteiger charge is -2.28. The number of nitrogens with zero attached hydrogens (tertiary/aromatic N) is 7. The molecule has 0 spiro atoms. The molecule has 0 amide bonds. The largest absolute Gasteiger partial charge is 0.460 e. The van der Waals surface area contributed by atoms with Crippen LogP contribution in [0.25, 0.3) is 11.3 Å². The first-order valence-corrected chi connectivity index (χ1v) is 11.5. The minimum Gasteiger partial charge on any atom is -0.460 e. The number of nitrogens with one attached hydrogen (secondary N) is 1. The second-order valence-corrected chi connectivity index (χ2v) is 8.89. The number of fused-ring (bicyclic) bond motifs is 1. The lowest BCUT2D eigenvalue weighted by molar-refractivity contribution is 0.105. The number of aromatic nitrogens is 6. The Morgan fingerprint density at radius 1 is 1.15 bits per heavy atom. The molecule has 0 saturated carbocycles. The van der Waals surface area contributed by atoms with Gasteiger partial charge in [0.25, 0.3) is 0 Å². The lowest BCUT2D eigenvalue weighted by atomic mass is 10.1. The van der Waals surface area contributed by atoms with E-state index in [1.165, 1.54) is 0 Å². The summed E-state index contributed by atoms with van der Waals surface area (Å²) >= 11 is 0. The smallest absolute Gasteiger partial charge is 0.322 e. The molecule has 1 aliphatic rings. The Morgan fingerprint density at radius 3 is 2.73 bits per heavy atom. The summed E-state index contributed by atoms with van der Waals surface area (Å²) < 4.78 is 10.0. The van der Waals surface area contributed by atoms with Crippen LogP contribution in [0.15, 0.2) is 49.2 Å². The highest BCUT2D eigenvalue weighted by atomic mass is 16.5. The van der Waals surface area contributed by atoms with Gasteiger partial charge in [-0.2, -0.15) is 19.6 Å². The standard InChI is InChI=1S/C24H30N8O/c1-17(2)20-15-27-32-22(20)28-24(33-19-8-11-30(3)12-9-19)29-23(32)26-14-18-6-4-5-7-21(18)31-13-10-25-16-31/h4-7,10,13,15-17,19H,8-9,11-12,14H2,1-3H3,(H,26,28,29). The Balaban J connectivity index is 1.45. The molecule has 9 nitrogen and oxygen atoms in total. The molecular weight excluding hydrogens is 416 g/mol. The average Bonchev–Trinajstić information content (AvgIpc) is 3.49. The molecular formula is C24H30N8O. The van der Waals surface area contributed by atoms with Crippen LogP contribution in [-0.2, 0) is 6.54 Å². The summed E-state index contributed by atoms with van der Waals surface area (Å²) in [5.41, 5.74) is 4.05. The van der Waals surface area contributed by atoms with Gasteiger partial charge >= 0.3 is 6.01 Å². The summed E-state index contributed by atoms with van der Waals surface area (Å²) in [6.45, 7) is 6.90. The number of ether oxygens (including phenoxy) is 1. The van der Waals surface area contributed by atoms with Crippen molar-refractivity contribution in [2.24, 2.45) is 0 Å². The van der Waals surface area contributed by atoms with Gasteiger partial charge in [-0.3, -0.25) is 0 Å². The molecule has 1 fully saturated rings. The maximum Gasteiger partial charge on any atom is 0.322 e. The van der Waals surface area contributed by atoms with Crippen LogP contribution in [0.1, 0.15) is 43.7 Å². The fourth-order valence-electron chi connectivity index (χ4n) is 4.19. The highest BCUT2D eigenvalue weighted by Gasteiger charge is 2.21. The van der Waals surface area contributed by atoms with Crippen molar-refractivity contribution in [3.05, 3.63) is 60.3 Å². The van der Waals surface area contributed by atoms with Crippen molar-refractivity contribution in [1.82, 2.24) is 34.0 Å². The van der Waals surface area contributed by atoms with Crippen LogP contribution in [0.4, 0.5) is 5.95 Å². The Morgan fingerprint density at radius 2 is 1.97 bits per heavy atom. The third-order valence-electron chi connectivity index (χ3n) is 6.15. The van der Waals surface area contributed by atoms with E-state index in [0.717, 1.165) is 48.4 Å². The Labute approximate surface area is 193 Å². The molecule has 33 heavy (non-hydrogen) atoms. The van der Waals surface area contributed by atoms with Gasteiger partial charge in [0.05, 0.1) is 18.2 Å². The van der Waals surface area contributed by atoms with Gasteiger partial charge in [0, 0.05) is 37.6 Å². The van der Waals surface area contributed by atoms with Crippen LogP contribution in [0.5, 0.6) is 6.01 Å². The highest BCUT2D eigenvalue weighted by molar-refractivity contribution is 5.53. The number of benzene rings is 1. The first-order chi connectivity index (χ1) is 16.1. The van der Waals surface area contributed by atoms with E-state index in [9.17, 15) is 0 Å². The number of hydrogen-bond donors (Lipinski definition) is 1. The first-order valence-electron chi connectivity index (χ1n) is 11.5. The van der Waals surface area contributed by atoms with Gasteiger partial charge < -0.3 is 19.5 Å². The average molecular weight is 447 g/mol. The van der Waals surface area contributed by atoms with Crippen molar-refractivity contribution in [3.8, 4) is 11.7 Å². The number of para-hydroxylation sites is 1.